The lowest BCUT2D eigenvalue weighted by molar-refractivity contribution is 0.112. The molecule has 0 aliphatic rings. The normalized spacial score (nSPS) is 10.5. The van der Waals surface area contributed by atoms with Crippen molar-refractivity contribution >= 4 is 24.0 Å². The maximum Gasteiger partial charge on any atom is 0.150 e. The lowest BCUT2D eigenvalue weighted by atomic mass is 10.1. The molecular formula is C13H15ClO3. The molecule has 0 atom stereocenters. The van der Waals surface area contributed by atoms with Gasteiger partial charge in [0, 0.05) is 11.4 Å². The molecule has 1 aromatic carbocycles. The topological polar surface area (TPSA) is 35.5 Å². The van der Waals surface area contributed by atoms with Crippen LogP contribution in [0.25, 0.3) is 6.08 Å². The van der Waals surface area contributed by atoms with Crippen LogP contribution in [0.1, 0.15) is 22.3 Å². The summed E-state index contributed by atoms with van der Waals surface area (Å²) in [5.41, 5.74) is 1.33. The molecule has 17 heavy (non-hydrogen) atoms. The van der Waals surface area contributed by atoms with Crippen molar-refractivity contribution in [2.24, 2.45) is 0 Å². The summed E-state index contributed by atoms with van der Waals surface area (Å²) in [5.74, 6) is 1.78. The number of hydrogen-bond acceptors (Lipinski definition) is 3. The van der Waals surface area contributed by atoms with E-state index in [1.165, 1.54) is 0 Å². The number of ether oxygens (including phenoxy) is 2. The Bertz CT molecular complexity index is 388. The van der Waals surface area contributed by atoms with E-state index in [1.807, 2.05) is 12.2 Å². The van der Waals surface area contributed by atoms with Gasteiger partial charge in [-0.25, -0.2) is 0 Å². The van der Waals surface area contributed by atoms with E-state index in [2.05, 4.69) is 0 Å². The Kier molecular flexibility index (Phi) is 5.57. The minimum Gasteiger partial charge on any atom is -0.496 e. The number of benzene rings is 1. The summed E-state index contributed by atoms with van der Waals surface area (Å²) in [7, 11) is 3.12. The van der Waals surface area contributed by atoms with Crippen LogP contribution in [0.2, 0.25) is 0 Å². The molecule has 0 amide bonds. The van der Waals surface area contributed by atoms with Crippen LogP contribution < -0.4 is 9.47 Å². The molecule has 0 N–H and O–H groups in total. The highest BCUT2D eigenvalue weighted by Gasteiger charge is 2.09. The summed E-state index contributed by atoms with van der Waals surface area (Å²) in [6.07, 6.45) is 5.35. The third-order valence-corrected chi connectivity index (χ3v) is 2.48. The van der Waals surface area contributed by atoms with Gasteiger partial charge in [-0.05, 0) is 18.6 Å². The first kappa shape index (κ1) is 13.6. The first-order chi connectivity index (χ1) is 8.26. The van der Waals surface area contributed by atoms with Gasteiger partial charge in [0.05, 0.1) is 19.8 Å². The standard InChI is InChI=1S/C13H15ClO3/c1-16-12-7-10(9-15)8-13(17-2)11(12)5-3-4-6-14/h3,5,7-9H,4,6H2,1-2H3. The van der Waals surface area contributed by atoms with Crippen LogP contribution in [0, 0.1) is 0 Å². The summed E-state index contributed by atoms with van der Waals surface area (Å²) in [4.78, 5) is 10.8. The molecule has 1 rings (SSSR count). The van der Waals surface area contributed by atoms with Crippen LogP contribution in [-0.2, 0) is 0 Å². The Morgan fingerprint density at radius 2 is 1.82 bits per heavy atom. The lowest BCUT2D eigenvalue weighted by Gasteiger charge is -2.11. The summed E-state index contributed by atoms with van der Waals surface area (Å²) in [5, 5.41) is 0. The molecule has 0 unspecified atom stereocenters. The Labute approximate surface area is 106 Å². The van der Waals surface area contributed by atoms with Gasteiger partial charge in [-0.2, -0.15) is 0 Å². The predicted molar refractivity (Wildman–Crippen MR) is 69.3 cm³/mol. The molecule has 0 saturated carbocycles. The lowest BCUT2D eigenvalue weighted by Crippen LogP contribution is -1.95. The minimum absolute atomic E-state index is 0.521. The van der Waals surface area contributed by atoms with Crippen molar-refractivity contribution in [3.05, 3.63) is 29.3 Å². The van der Waals surface area contributed by atoms with E-state index in [-0.39, 0.29) is 0 Å². The van der Waals surface area contributed by atoms with Gasteiger partial charge in [-0.1, -0.05) is 12.2 Å². The fourth-order valence-electron chi connectivity index (χ4n) is 1.46. The summed E-state index contributed by atoms with van der Waals surface area (Å²) in [6.45, 7) is 0. The van der Waals surface area contributed by atoms with Crippen molar-refractivity contribution in [2.45, 2.75) is 6.42 Å². The number of methoxy groups -OCH3 is 2. The van der Waals surface area contributed by atoms with Gasteiger partial charge in [0.2, 0.25) is 0 Å². The van der Waals surface area contributed by atoms with Crippen molar-refractivity contribution in [3.63, 3.8) is 0 Å². The van der Waals surface area contributed by atoms with Gasteiger partial charge in [-0.15, -0.1) is 11.6 Å². The van der Waals surface area contributed by atoms with E-state index in [9.17, 15) is 4.79 Å². The van der Waals surface area contributed by atoms with E-state index in [0.717, 1.165) is 18.3 Å². The number of alkyl halides is 1. The summed E-state index contributed by atoms with van der Waals surface area (Å²) < 4.78 is 10.5. The van der Waals surface area contributed by atoms with Crippen molar-refractivity contribution in [2.75, 3.05) is 20.1 Å². The number of carbonyl (C=O) groups excluding carboxylic acids is 1. The molecule has 0 aliphatic carbocycles. The Hall–Kier alpha value is -1.48. The highest BCUT2D eigenvalue weighted by Crippen LogP contribution is 2.31. The smallest absolute Gasteiger partial charge is 0.150 e. The van der Waals surface area contributed by atoms with Crippen LogP contribution in [0.4, 0.5) is 0 Å². The highest BCUT2D eigenvalue weighted by molar-refractivity contribution is 6.17. The Morgan fingerprint density at radius 3 is 2.24 bits per heavy atom. The number of carbonyl (C=O) groups is 1. The monoisotopic (exact) mass is 254 g/mol. The second-order valence-corrected chi connectivity index (χ2v) is 3.71. The zero-order chi connectivity index (χ0) is 12.7. The van der Waals surface area contributed by atoms with Crippen molar-refractivity contribution in [1.29, 1.82) is 0 Å². The second kappa shape index (κ2) is 6.97. The maximum absolute atomic E-state index is 10.8. The molecule has 0 aromatic heterocycles. The van der Waals surface area contributed by atoms with E-state index >= 15 is 0 Å². The number of halogens is 1. The third kappa shape index (κ3) is 3.49. The van der Waals surface area contributed by atoms with E-state index < -0.39 is 0 Å². The quantitative estimate of drug-likeness (QED) is 0.578. The highest BCUT2D eigenvalue weighted by atomic mass is 35.5. The molecule has 92 valence electrons. The van der Waals surface area contributed by atoms with Crippen LogP contribution in [0.15, 0.2) is 18.2 Å². The van der Waals surface area contributed by atoms with E-state index in [1.54, 1.807) is 26.4 Å². The number of hydrogen-bond donors (Lipinski definition) is 0. The minimum atomic E-state index is 0.521. The van der Waals surface area contributed by atoms with Crippen molar-refractivity contribution in [1.82, 2.24) is 0 Å². The van der Waals surface area contributed by atoms with Gasteiger partial charge in [0.25, 0.3) is 0 Å². The van der Waals surface area contributed by atoms with Crippen LogP contribution >= 0.6 is 11.6 Å². The summed E-state index contributed by atoms with van der Waals surface area (Å²) >= 11 is 5.60. The number of allylic oxidation sites excluding steroid dienone is 1. The third-order valence-electron chi connectivity index (χ3n) is 2.26. The number of rotatable bonds is 6. The zero-order valence-corrected chi connectivity index (χ0v) is 10.7. The van der Waals surface area contributed by atoms with Gasteiger partial charge >= 0.3 is 0 Å². The first-order valence-corrected chi connectivity index (χ1v) is 5.74. The van der Waals surface area contributed by atoms with Crippen molar-refractivity contribution in [3.8, 4) is 11.5 Å². The molecule has 4 heteroatoms. The van der Waals surface area contributed by atoms with Gasteiger partial charge in [0.1, 0.15) is 17.8 Å². The molecular weight excluding hydrogens is 240 g/mol. The van der Waals surface area contributed by atoms with E-state index in [4.69, 9.17) is 21.1 Å². The van der Waals surface area contributed by atoms with Gasteiger partial charge in [0.15, 0.2) is 0 Å². The van der Waals surface area contributed by atoms with E-state index in [0.29, 0.717) is 22.9 Å². The molecule has 0 saturated heterocycles. The largest absolute Gasteiger partial charge is 0.496 e. The van der Waals surface area contributed by atoms with Gasteiger partial charge in [-0.3, -0.25) is 4.79 Å². The van der Waals surface area contributed by atoms with Crippen molar-refractivity contribution < 1.29 is 14.3 Å². The average molecular weight is 255 g/mol. The Morgan fingerprint density at radius 1 is 1.24 bits per heavy atom. The fraction of sp³-hybridized carbons (Fsp3) is 0.308. The average Bonchev–Trinajstić information content (AvgIpc) is 2.38. The first-order valence-electron chi connectivity index (χ1n) is 5.20. The fourth-order valence-corrected chi connectivity index (χ4v) is 1.58. The second-order valence-electron chi connectivity index (χ2n) is 3.34. The SMILES string of the molecule is COc1cc(C=O)cc(OC)c1C=CCCCl. The predicted octanol–water partition coefficient (Wildman–Crippen LogP) is 3.16. The summed E-state index contributed by atoms with van der Waals surface area (Å²) in [6, 6.07) is 3.35. The maximum atomic E-state index is 10.8. The molecule has 0 heterocycles. The van der Waals surface area contributed by atoms with Crippen LogP contribution in [-0.4, -0.2) is 26.4 Å². The molecule has 1 aromatic rings. The van der Waals surface area contributed by atoms with Crippen LogP contribution in [0.5, 0.6) is 11.5 Å². The number of aldehydes is 1. The molecule has 0 aliphatic heterocycles. The Balaban J connectivity index is 3.19. The molecule has 0 fully saturated rings. The molecule has 3 nitrogen and oxygen atoms in total. The zero-order valence-electron chi connectivity index (χ0n) is 9.90. The molecule has 0 spiro atoms. The molecule has 0 bridgehead atoms. The van der Waals surface area contributed by atoms with Gasteiger partial charge < -0.3 is 9.47 Å². The van der Waals surface area contributed by atoms with Crippen LogP contribution in [0.3, 0.4) is 0 Å². The molecule has 0 radical (unpaired) electrons.